The van der Waals surface area contributed by atoms with Crippen molar-refractivity contribution in [1.82, 2.24) is 14.6 Å². The second kappa shape index (κ2) is 4.36. The minimum Gasteiger partial charge on any atom is -0.375 e. The van der Waals surface area contributed by atoms with Crippen LogP contribution in [-0.4, -0.2) is 20.9 Å². The van der Waals surface area contributed by atoms with E-state index < -0.39 is 0 Å². The third-order valence-electron chi connectivity index (χ3n) is 2.59. The van der Waals surface area contributed by atoms with Crippen molar-refractivity contribution >= 4 is 38.8 Å². The van der Waals surface area contributed by atoms with E-state index in [9.17, 15) is 0 Å². The summed E-state index contributed by atoms with van der Waals surface area (Å²) in [6.45, 7) is 1.87. The van der Waals surface area contributed by atoms with Crippen molar-refractivity contribution in [3.63, 3.8) is 0 Å². The lowest BCUT2D eigenvalue weighted by atomic mass is 10.2. The third-order valence-corrected chi connectivity index (χ3v) is 3.44. The molecular formula is C12H12N6S. The molecule has 96 valence electrons. The van der Waals surface area contributed by atoms with Gasteiger partial charge in [0.1, 0.15) is 0 Å². The summed E-state index contributed by atoms with van der Waals surface area (Å²) in [7, 11) is 0. The van der Waals surface area contributed by atoms with Gasteiger partial charge in [-0.3, -0.25) is 0 Å². The van der Waals surface area contributed by atoms with Crippen molar-refractivity contribution in [2.24, 2.45) is 5.10 Å². The number of aryl methyl sites for hydroxylation is 1. The Hall–Kier alpha value is -2.41. The van der Waals surface area contributed by atoms with E-state index in [1.165, 1.54) is 11.3 Å². The average Bonchev–Trinajstić information content (AvgIpc) is 2.87. The maximum absolute atomic E-state index is 5.71. The zero-order valence-corrected chi connectivity index (χ0v) is 11.1. The van der Waals surface area contributed by atoms with Gasteiger partial charge in [-0.1, -0.05) is 17.4 Å². The van der Waals surface area contributed by atoms with Crippen LogP contribution in [0.2, 0.25) is 0 Å². The molecule has 0 atom stereocenters. The van der Waals surface area contributed by atoms with Crippen molar-refractivity contribution in [2.75, 3.05) is 11.5 Å². The van der Waals surface area contributed by atoms with Gasteiger partial charge < -0.3 is 11.5 Å². The maximum atomic E-state index is 5.71. The zero-order valence-electron chi connectivity index (χ0n) is 10.2. The van der Waals surface area contributed by atoms with Crippen LogP contribution < -0.4 is 11.5 Å². The smallest absolute Gasteiger partial charge is 0.221 e. The van der Waals surface area contributed by atoms with Gasteiger partial charge in [0.2, 0.25) is 5.95 Å². The van der Waals surface area contributed by atoms with Crippen LogP contribution in [0.4, 0.5) is 11.1 Å². The SMILES string of the molecule is Cc1cn(N=Cc2ccc3nc(N)sc3c2)c(N)n1. The number of imidazole rings is 1. The summed E-state index contributed by atoms with van der Waals surface area (Å²) in [6.07, 6.45) is 3.50. The molecule has 0 saturated carbocycles. The van der Waals surface area contributed by atoms with Gasteiger partial charge in [-0.2, -0.15) is 5.10 Å². The number of hydrogen-bond donors (Lipinski definition) is 2. The van der Waals surface area contributed by atoms with Crippen LogP contribution in [0.25, 0.3) is 10.2 Å². The fourth-order valence-electron chi connectivity index (χ4n) is 1.76. The third kappa shape index (κ3) is 2.27. The summed E-state index contributed by atoms with van der Waals surface area (Å²) in [5.74, 6) is 0.372. The highest BCUT2D eigenvalue weighted by Crippen LogP contribution is 2.24. The Morgan fingerprint density at radius 3 is 2.89 bits per heavy atom. The lowest BCUT2D eigenvalue weighted by Gasteiger charge is -1.95. The summed E-state index contributed by atoms with van der Waals surface area (Å²) >= 11 is 1.46. The monoisotopic (exact) mass is 272 g/mol. The molecule has 0 radical (unpaired) electrons. The van der Waals surface area contributed by atoms with E-state index in [4.69, 9.17) is 11.5 Å². The van der Waals surface area contributed by atoms with E-state index in [1.54, 1.807) is 17.1 Å². The molecule has 0 aliphatic carbocycles. The van der Waals surface area contributed by atoms with Gasteiger partial charge in [0, 0.05) is 0 Å². The minimum absolute atomic E-state index is 0.372. The number of fused-ring (bicyclic) bond motifs is 1. The van der Waals surface area contributed by atoms with E-state index in [2.05, 4.69) is 15.1 Å². The summed E-state index contributed by atoms with van der Waals surface area (Å²) in [4.78, 5) is 8.29. The number of nitrogen functional groups attached to an aromatic ring is 2. The first-order valence-electron chi connectivity index (χ1n) is 5.64. The van der Waals surface area contributed by atoms with Crippen LogP contribution in [0, 0.1) is 6.92 Å². The number of nitrogens with zero attached hydrogens (tertiary/aromatic N) is 4. The van der Waals surface area contributed by atoms with Crippen molar-refractivity contribution in [3.05, 3.63) is 35.7 Å². The summed E-state index contributed by atoms with van der Waals surface area (Å²) in [5.41, 5.74) is 14.1. The van der Waals surface area contributed by atoms with Gasteiger partial charge in [-0.05, 0) is 24.6 Å². The molecule has 0 aliphatic rings. The number of hydrogen-bond acceptors (Lipinski definition) is 6. The molecule has 4 N–H and O–H groups in total. The molecule has 7 heteroatoms. The lowest BCUT2D eigenvalue weighted by Crippen LogP contribution is -1.96. The largest absolute Gasteiger partial charge is 0.375 e. The Bertz CT molecular complexity index is 770. The van der Waals surface area contributed by atoms with Crippen LogP contribution in [0.3, 0.4) is 0 Å². The quantitative estimate of drug-likeness (QED) is 0.696. The number of thiazole rings is 1. The molecule has 0 aliphatic heterocycles. The zero-order chi connectivity index (χ0) is 13.4. The lowest BCUT2D eigenvalue weighted by molar-refractivity contribution is 0.897. The first kappa shape index (κ1) is 11.7. The topological polar surface area (TPSA) is 95.1 Å². The Labute approximate surface area is 113 Å². The molecular weight excluding hydrogens is 260 g/mol. The number of nitrogens with two attached hydrogens (primary N) is 2. The van der Waals surface area contributed by atoms with E-state index in [1.807, 2.05) is 25.1 Å². The Morgan fingerprint density at radius 1 is 1.32 bits per heavy atom. The van der Waals surface area contributed by atoms with Crippen LogP contribution in [0.15, 0.2) is 29.5 Å². The van der Waals surface area contributed by atoms with Gasteiger partial charge in [-0.15, -0.1) is 0 Å². The average molecular weight is 272 g/mol. The highest BCUT2D eigenvalue weighted by molar-refractivity contribution is 7.22. The molecule has 0 unspecified atom stereocenters. The highest BCUT2D eigenvalue weighted by atomic mass is 32.1. The molecule has 0 saturated heterocycles. The minimum atomic E-state index is 0.372. The van der Waals surface area contributed by atoms with Gasteiger partial charge in [0.25, 0.3) is 0 Å². The van der Waals surface area contributed by atoms with Crippen LogP contribution in [0.5, 0.6) is 0 Å². The summed E-state index contributed by atoms with van der Waals surface area (Å²) in [5, 5.41) is 4.84. The van der Waals surface area contributed by atoms with E-state index >= 15 is 0 Å². The second-order valence-corrected chi connectivity index (χ2v) is 5.17. The molecule has 0 amide bonds. The molecule has 2 heterocycles. The molecule has 0 bridgehead atoms. The number of benzene rings is 1. The molecule has 2 aromatic heterocycles. The first-order valence-corrected chi connectivity index (χ1v) is 6.45. The van der Waals surface area contributed by atoms with Gasteiger partial charge >= 0.3 is 0 Å². The van der Waals surface area contributed by atoms with E-state index in [-0.39, 0.29) is 0 Å². The Balaban J connectivity index is 1.94. The van der Waals surface area contributed by atoms with Crippen molar-refractivity contribution < 1.29 is 0 Å². The van der Waals surface area contributed by atoms with Crippen molar-refractivity contribution in [3.8, 4) is 0 Å². The number of rotatable bonds is 2. The van der Waals surface area contributed by atoms with Crippen LogP contribution in [0.1, 0.15) is 11.3 Å². The second-order valence-electron chi connectivity index (χ2n) is 4.11. The Morgan fingerprint density at radius 2 is 2.16 bits per heavy atom. The molecule has 0 spiro atoms. The van der Waals surface area contributed by atoms with E-state index in [0.29, 0.717) is 11.1 Å². The molecule has 1 aromatic carbocycles. The van der Waals surface area contributed by atoms with Crippen LogP contribution in [-0.2, 0) is 0 Å². The predicted molar refractivity (Wildman–Crippen MR) is 78.4 cm³/mol. The Kier molecular flexibility index (Phi) is 2.68. The van der Waals surface area contributed by atoms with E-state index in [0.717, 1.165) is 21.5 Å². The number of aromatic nitrogens is 3. The fraction of sp³-hybridized carbons (Fsp3) is 0.0833. The molecule has 19 heavy (non-hydrogen) atoms. The number of anilines is 2. The fourth-order valence-corrected chi connectivity index (χ4v) is 2.55. The maximum Gasteiger partial charge on any atom is 0.221 e. The van der Waals surface area contributed by atoms with Gasteiger partial charge in [0.15, 0.2) is 5.13 Å². The molecule has 6 nitrogen and oxygen atoms in total. The van der Waals surface area contributed by atoms with Crippen molar-refractivity contribution in [1.29, 1.82) is 0 Å². The van der Waals surface area contributed by atoms with Crippen molar-refractivity contribution in [2.45, 2.75) is 6.92 Å². The predicted octanol–water partition coefficient (Wildman–Crippen LogP) is 1.85. The van der Waals surface area contributed by atoms with Gasteiger partial charge in [-0.25, -0.2) is 14.6 Å². The molecule has 3 aromatic rings. The standard InChI is InChI=1S/C12H12N6S/c1-7-6-18(11(13)16-7)15-5-8-2-3-9-10(4-8)19-12(14)17-9/h2-6H,1H3,(H2,13,16)(H2,14,17). The summed E-state index contributed by atoms with van der Waals surface area (Å²) < 4.78 is 2.58. The molecule has 0 fully saturated rings. The summed E-state index contributed by atoms with van der Waals surface area (Å²) in [6, 6.07) is 5.85. The normalized spacial score (nSPS) is 11.6. The van der Waals surface area contributed by atoms with Gasteiger partial charge in [0.05, 0.1) is 28.3 Å². The highest BCUT2D eigenvalue weighted by Gasteiger charge is 2.02. The molecule has 3 rings (SSSR count). The van der Waals surface area contributed by atoms with Crippen LogP contribution >= 0.6 is 11.3 Å². The first-order chi connectivity index (χ1) is 9.11.